The Morgan fingerprint density at radius 2 is 0.891 bits per heavy atom. The second-order valence-corrected chi connectivity index (χ2v) is 21.2. The van der Waals surface area contributed by atoms with Crippen LogP contribution in [0.2, 0.25) is 0 Å². The Labute approximate surface area is 531 Å². The van der Waals surface area contributed by atoms with Gasteiger partial charge in [-0.15, -0.1) is 0 Å². The van der Waals surface area contributed by atoms with Crippen LogP contribution in [0.1, 0.15) is 100 Å². The van der Waals surface area contributed by atoms with E-state index in [0.29, 0.717) is 23.5 Å². The number of fused-ring (bicyclic) bond motifs is 3. The summed E-state index contributed by atoms with van der Waals surface area (Å²) in [6, 6.07) is 36.2. The number of carboxylic acids is 1. The summed E-state index contributed by atoms with van der Waals surface area (Å²) in [6.07, 6.45) is 26.4. The van der Waals surface area contributed by atoms with Crippen LogP contribution in [0.3, 0.4) is 0 Å². The van der Waals surface area contributed by atoms with Crippen molar-refractivity contribution in [2.24, 2.45) is 0 Å². The van der Waals surface area contributed by atoms with Crippen molar-refractivity contribution in [2.45, 2.75) is 56.7 Å². The van der Waals surface area contributed by atoms with Gasteiger partial charge >= 0.3 is 17.9 Å². The number of aromatic nitrogens is 8. The Hall–Kier alpha value is -11.3. The SMILES string of the molecule is CC1(C)OC(=O)C(=Cc2ccncc2)C(=O)O1.CNC(=O)CC(c1ccncc1)c1c[nH]c2cccc(OC)c12.CNCCC(c1ccncc1)c1c[nH]c2cccc(OC)c12.COc1cccc2[nH]cc(C(CC(=O)O)c3ccncc3)c12.O=Cc1ccncc1. The van der Waals surface area contributed by atoms with Crippen LogP contribution in [0.25, 0.3) is 38.8 Å². The normalized spacial score (nSPS) is 13.1. The Balaban J connectivity index is 0.000000152. The number of methoxy groups -OCH3 is 3. The number of ether oxygens (including phenoxy) is 5. The van der Waals surface area contributed by atoms with Crippen molar-refractivity contribution in [1.29, 1.82) is 0 Å². The quantitative estimate of drug-likeness (QED) is 0.0201. The fourth-order valence-corrected chi connectivity index (χ4v) is 10.6. The molecule has 0 spiro atoms. The summed E-state index contributed by atoms with van der Waals surface area (Å²) in [6.45, 7) is 3.97. The van der Waals surface area contributed by atoms with Crippen LogP contribution < -0.4 is 24.8 Å². The smallest absolute Gasteiger partial charge is 0.348 e. The van der Waals surface area contributed by atoms with Crippen molar-refractivity contribution in [3.8, 4) is 17.2 Å². The van der Waals surface area contributed by atoms with Crippen LogP contribution in [0.4, 0.5) is 0 Å². The molecule has 1 amide bonds. The molecule has 11 aromatic rings. The monoisotopic (exact) mass is 1240 g/mol. The van der Waals surface area contributed by atoms with E-state index in [1.807, 2.05) is 105 Å². The zero-order valence-corrected chi connectivity index (χ0v) is 52.0. The number of esters is 2. The van der Waals surface area contributed by atoms with Gasteiger partial charge in [0.15, 0.2) is 0 Å². The molecular formula is C71H72N10O11. The maximum atomic E-state index is 12.0. The number of nitrogens with one attached hydrogen (secondary N) is 5. The molecule has 1 aliphatic rings. The summed E-state index contributed by atoms with van der Waals surface area (Å²) in [5.41, 5.74) is 10.8. The van der Waals surface area contributed by atoms with Gasteiger partial charge in [-0.3, -0.25) is 39.3 Å². The third-order valence-electron chi connectivity index (χ3n) is 14.9. The van der Waals surface area contributed by atoms with Crippen molar-refractivity contribution in [2.75, 3.05) is 42.0 Å². The molecule has 0 saturated carbocycles. The van der Waals surface area contributed by atoms with Gasteiger partial charge in [-0.25, -0.2) is 9.59 Å². The van der Waals surface area contributed by atoms with E-state index < -0.39 is 23.7 Å². The third-order valence-corrected chi connectivity index (χ3v) is 14.9. The van der Waals surface area contributed by atoms with Crippen molar-refractivity contribution >= 4 is 68.9 Å². The summed E-state index contributed by atoms with van der Waals surface area (Å²) in [5, 5.41) is 18.4. The predicted octanol–water partition coefficient (Wildman–Crippen LogP) is 11.5. The number of H-pyrrole nitrogens is 3. The number of benzene rings is 3. The molecule has 0 radical (unpaired) electrons. The summed E-state index contributed by atoms with van der Waals surface area (Å²) < 4.78 is 26.4. The molecule has 0 aliphatic carbocycles. The van der Waals surface area contributed by atoms with Crippen molar-refractivity contribution < 1.29 is 52.8 Å². The number of hydrogen-bond donors (Lipinski definition) is 6. The highest BCUT2D eigenvalue weighted by molar-refractivity contribution is 6.18. The first kappa shape index (κ1) is 66.6. The standard InChI is InChI=1S/C18H19N3O2.C18H21N3O.C17H16N2O3.C12H11NO4.C6H5NO/c1-19-17(22)10-13(12-6-8-20-9-7-12)14-11-21-15-4-3-5-16(23-2)18(14)15;1-19-9-8-14(13-6-10-20-11-7-13)15-12-21-16-4-3-5-17(22-2)18(15)16;1-22-15-4-2-3-14-17(15)13(10-19-14)12(9-16(20)21)11-5-7-18-8-6-11;1-12(2)16-10(14)9(11(15)17-12)7-8-3-5-13-6-4-8;8-5-6-1-3-7-4-2-6/h3-9,11,13,21H,10H2,1-2H3,(H,19,22);3-7,10-12,14,19,21H,8-9H2,1-2H3;2-8,10,12,19H,9H2,1H3,(H,20,21);3-7H,1-2H3;1-5H. The first-order chi connectivity index (χ1) is 44.7. The highest BCUT2D eigenvalue weighted by Gasteiger charge is 2.39. The Bertz CT molecular complexity index is 4200. The number of hydrogen-bond acceptors (Lipinski definition) is 16. The molecule has 21 nitrogen and oxygen atoms in total. The molecule has 1 fully saturated rings. The van der Waals surface area contributed by atoms with E-state index in [1.54, 1.807) is 102 Å². The van der Waals surface area contributed by atoms with Crippen molar-refractivity contribution in [1.82, 2.24) is 50.5 Å². The summed E-state index contributed by atoms with van der Waals surface area (Å²) in [4.78, 5) is 86.2. The topological polar surface area (TPSA) is 288 Å². The zero-order chi connectivity index (χ0) is 65.4. The lowest BCUT2D eigenvalue weighted by molar-refractivity contribution is -0.222. The number of cyclic esters (lactones) is 2. The van der Waals surface area contributed by atoms with E-state index in [0.717, 1.165) is 86.1 Å². The molecule has 1 saturated heterocycles. The van der Waals surface area contributed by atoms with Gasteiger partial charge in [0.1, 0.15) is 29.1 Å². The molecule has 8 aromatic heterocycles. The fraction of sp³-hybridized carbons (Fsp3) is 0.211. The second kappa shape index (κ2) is 32.8. The van der Waals surface area contributed by atoms with Crippen LogP contribution in [0, 0.1) is 0 Å². The Morgan fingerprint density at radius 1 is 0.533 bits per heavy atom. The molecule has 92 heavy (non-hydrogen) atoms. The lowest BCUT2D eigenvalue weighted by Gasteiger charge is -2.29. The molecule has 21 heteroatoms. The van der Waals surface area contributed by atoms with E-state index in [-0.39, 0.29) is 29.7 Å². The average molecular weight is 1240 g/mol. The van der Waals surface area contributed by atoms with Gasteiger partial charge < -0.3 is 54.4 Å². The summed E-state index contributed by atoms with van der Waals surface area (Å²) in [5.74, 6) is -0.975. The lowest BCUT2D eigenvalue weighted by atomic mass is 9.88. The summed E-state index contributed by atoms with van der Waals surface area (Å²) >= 11 is 0. The number of aliphatic carboxylic acids is 1. The number of carbonyl (C=O) groups is 5. The number of aromatic amines is 3. The molecule has 3 atom stereocenters. The lowest BCUT2D eigenvalue weighted by Crippen LogP contribution is -2.41. The van der Waals surface area contributed by atoms with Gasteiger partial charge in [-0.2, -0.15) is 0 Å². The van der Waals surface area contributed by atoms with E-state index in [9.17, 15) is 29.1 Å². The number of aldehydes is 1. The van der Waals surface area contributed by atoms with Gasteiger partial charge in [-0.05, 0) is 162 Å². The Morgan fingerprint density at radius 3 is 1.24 bits per heavy atom. The molecular weight excluding hydrogens is 1170 g/mol. The molecule has 9 heterocycles. The number of nitrogens with zero attached hydrogens (tertiary/aromatic N) is 5. The van der Waals surface area contributed by atoms with E-state index in [1.165, 1.54) is 36.4 Å². The molecule has 3 unspecified atom stereocenters. The van der Waals surface area contributed by atoms with Gasteiger partial charge in [0.05, 0.1) is 27.8 Å². The molecule has 0 bridgehead atoms. The van der Waals surface area contributed by atoms with Gasteiger partial charge in [0.25, 0.3) is 5.79 Å². The fourth-order valence-electron chi connectivity index (χ4n) is 10.6. The first-order valence-electron chi connectivity index (χ1n) is 29.3. The van der Waals surface area contributed by atoms with Crippen molar-refractivity contribution in [3.05, 3.63) is 246 Å². The summed E-state index contributed by atoms with van der Waals surface area (Å²) in [7, 11) is 8.64. The Kier molecular flexibility index (Phi) is 23.7. The highest BCUT2D eigenvalue weighted by Crippen LogP contribution is 2.41. The number of amides is 1. The number of carbonyl (C=O) groups excluding carboxylic acids is 4. The highest BCUT2D eigenvalue weighted by atomic mass is 16.7. The largest absolute Gasteiger partial charge is 0.496 e. The molecule has 6 N–H and O–H groups in total. The molecule has 3 aromatic carbocycles. The maximum absolute atomic E-state index is 12.0. The third kappa shape index (κ3) is 17.3. The minimum Gasteiger partial charge on any atom is -0.496 e. The molecule has 12 rings (SSSR count). The van der Waals surface area contributed by atoms with E-state index in [2.05, 4.69) is 74.9 Å². The number of rotatable bonds is 18. The van der Waals surface area contributed by atoms with Crippen molar-refractivity contribution in [3.63, 3.8) is 0 Å². The van der Waals surface area contributed by atoms with Crippen LogP contribution in [0.15, 0.2) is 201 Å². The number of carboxylic acid groups (broad SMARTS) is 1. The van der Waals surface area contributed by atoms with Gasteiger partial charge in [0.2, 0.25) is 5.91 Å². The zero-order valence-electron chi connectivity index (χ0n) is 52.0. The van der Waals surface area contributed by atoms with Crippen LogP contribution >= 0.6 is 0 Å². The molecule has 472 valence electrons. The van der Waals surface area contributed by atoms with E-state index in [4.69, 9.17) is 23.7 Å². The van der Waals surface area contributed by atoms with E-state index >= 15 is 0 Å². The minimum absolute atomic E-state index is 0.00365. The van der Waals surface area contributed by atoms with Gasteiger partial charge in [-0.1, -0.05) is 18.2 Å². The predicted molar refractivity (Wildman–Crippen MR) is 350 cm³/mol. The second-order valence-electron chi connectivity index (χ2n) is 21.2. The number of pyridine rings is 5. The average Bonchev–Trinajstić information content (AvgIpc) is 1.78. The van der Waals surface area contributed by atoms with Crippen LogP contribution in [-0.2, 0) is 28.7 Å². The van der Waals surface area contributed by atoms with Gasteiger partial charge in [0, 0.05) is 164 Å². The molecule has 1 aliphatic heterocycles. The minimum atomic E-state index is -1.20. The van der Waals surface area contributed by atoms with Crippen LogP contribution in [0.5, 0.6) is 17.2 Å². The maximum Gasteiger partial charge on any atom is 0.348 e. The first-order valence-corrected chi connectivity index (χ1v) is 29.3. The van der Waals surface area contributed by atoms with Crippen LogP contribution in [-0.4, -0.2) is 123 Å².